The summed E-state index contributed by atoms with van der Waals surface area (Å²) in [6, 6.07) is 6.00. The van der Waals surface area contributed by atoms with E-state index in [9.17, 15) is 0 Å². The first-order valence-electron chi connectivity index (χ1n) is 5.12. The number of hydrogen-bond donors (Lipinski definition) is 2. The first-order valence-corrected chi connectivity index (χ1v) is 5.92. The molecule has 0 fully saturated rings. The maximum Gasteiger partial charge on any atom is 0.0328 e. The van der Waals surface area contributed by atoms with Crippen LogP contribution in [0.1, 0.15) is 26.3 Å². The first-order chi connectivity index (χ1) is 6.87. The summed E-state index contributed by atoms with van der Waals surface area (Å²) < 4.78 is 1.04. The van der Waals surface area contributed by atoms with Gasteiger partial charge in [0.25, 0.3) is 0 Å². The van der Waals surface area contributed by atoms with E-state index in [1.165, 1.54) is 5.56 Å². The van der Waals surface area contributed by atoms with Crippen molar-refractivity contribution in [1.29, 1.82) is 0 Å². The van der Waals surface area contributed by atoms with E-state index >= 15 is 0 Å². The molecule has 0 saturated heterocycles. The van der Waals surface area contributed by atoms with E-state index in [1.54, 1.807) is 0 Å². The van der Waals surface area contributed by atoms with Crippen molar-refractivity contribution in [2.24, 2.45) is 5.41 Å². The van der Waals surface area contributed by atoms with Gasteiger partial charge in [-0.05, 0) is 29.2 Å². The van der Waals surface area contributed by atoms with Gasteiger partial charge in [-0.1, -0.05) is 36.7 Å². The Morgan fingerprint density at radius 3 is 2.47 bits per heavy atom. The number of nitrogens with one attached hydrogen (secondary N) is 1. The van der Waals surface area contributed by atoms with Crippen LogP contribution in [0.25, 0.3) is 0 Å². The van der Waals surface area contributed by atoms with Crippen molar-refractivity contribution in [3.05, 3.63) is 28.2 Å². The quantitative estimate of drug-likeness (QED) is 0.829. The van der Waals surface area contributed by atoms with Crippen LogP contribution in [0.2, 0.25) is 0 Å². The molecule has 0 aromatic heterocycles. The van der Waals surface area contributed by atoms with Crippen molar-refractivity contribution in [2.75, 3.05) is 12.3 Å². The lowest BCUT2D eigenvalue weighted by molar-refractivity contribution is 0.379. The summed E-state index contributed by atoms with van der Waals surface area (Å²) in [5.74, 6) is 0. The summed E-state index contributed by atoms with van der Waals surface area (Å²) in [6.45, 7) is 8.51. The molecular weight excluding hydrogens is 252 g/mol. The van der Waals surface area contributed by atoms with Crippen LogP contribution in [0, 0.1) is 5.41 Å². The number of hydrogen-bond acceptors (Lipinski definition) is 2. The molecular formula is C12H19BrN2. The summed E-state index contributed by atoms with van der Waals surface area (Å²) in [4.78, 5) is 0. The Labute approximate surface area is 100 Å². The van der Waals surface area contributed by atoms with Gasteiger partial charge < -0.3 is 11.1 Å². The van der Waals surface area contributed by atoms with Crippen molar-refractivity contribution in [3.63, 3.8) is 0 Å². The van der Waals surface area contributed by atoms with Crippen LogP contribution >= 0.6 is 15.9 Å². The van der Waals surface area contributed by atoms with Crippen molar-refractivity contribution in [2.45, 2.75) is 27.3 Å². The molecule has 0 saturated carbocycles. The molecule has 0 aliphatic rings. The zero-order chi connectivity index (χ0) is 11.5. The van der Waals surface area contributed by atoms with Gasteiger partial charge in [-0.15, -0.1) is 0 Å². The van der Waals surface area contributed by atoms with Crippen LogP contribution in [0.15, 0.2) is 22.7 Å². The molecule has 84 valence electrons. The minimum atomic E-state index is 0.317. The Morgan fingerprint density at radius 1 is 1.27 bits per heavy atom. The lowest BCUT2D eigenvalue weighted by Gasteiger charge is -2.18. The second kappa shape index (κ2) is 4.99. The van der Waals surface area contributed by atoms with Gasteiger partial charge in [0.1, 0.15) is 0 Å². The van der Waals surface area contributed by atoms with Gasteiger partial charge in [-0.2, -0.15) is 0 Å². The molecule has 0 aliphatic carbocycles. The minimum absolute atomic E-state index is 0.317. The van der Waals surface area contributed by atoms with E-state index < -0.39 is 0 Å². The zero-order valence-corrected chi connectivity index (χ0v) is 11.2. The third kappa shape index (κ3) is 5.19. The van der Waals surface area contributed by atoms with Crippen LogP contribution in [0.5, 0.6) is 0 Å². The molecule has 1 aromatic carbocycles. The minimum Gasteiger partial charge on any atom is -0.399 e. The van der Waals surface area contributed by atoms with Crippen LogP contribution in [0.3, 0.4) is 0 Å². The Kier molecular flexibility index (Phi) is 4.17. The molecule has 0 aliphatic heterocycles. The number of benzene rings is 1. The molecule has 1 rings (SSSR count). The molecule has 3 heteroatoms. The number of halogens is 1. The Morgan fingerprint density at radius 2 is 1.93 bits per heavy atom. The summed E-state index contributed by atoms with van der Waals surface area (Å²) in [5, 5.41) is 3.42. The molecule has 0 amide bonds. The molecule has 1 aromatic rings. The number of rotatable bonds is 3. The average molecular weight is 271 g/mol. The van der Waals surface area contributed by atoms with Crippen molar-refractivity contribution in [1.82, 2.24) is 5.32 Å². The largest absolute Gasteiger partial charge is 0.399 e. The third-order valence-corrected chi connectivity index (χ3v) is 2.42. The smallest absolute Gasteiger partial charge is 0.0328 e. The molecule has 0 radical (unpaired) electrons. The maximum atomic E-state index is 5.76. The molecule has 3 N–H and O–H groups in total. The molecule has 0 heterocycles. The fraction of sp³-hybridized carbons (Fsp3) is 0.500. The van der Waals surface area contributed by atoms with Gasteiger partial charge in [-0.3, -0.25) is 0 Å². The van der Waals surface area contributed by atoms with Crippen molar-refractivity contribution in [3.8, 4) is 0 Å². The third-order valence-electron chi connectivity index (χ3n) is 1.96. The molecule has 0 bridgehead atoms. The second-order valence-electron chi connectivity index (χ2n) is 5.06. The number of nitrogen functional groups attached to an aromatic ring is 1. The van der Waals surface area contributed by atoms with E-state index in [0.29, 0.717) is 5.41 Å². The average Bonchev–Trinajstić information content (AvgIpc) is 1.99. The lowest BCUT2D eigenvalue weighted by Crippen LogP contribution is -2.26. The highest BCUT2D eigenvalue weighted by molar-refractivity contribution is 9.10. The van der Waals surface area contributed by atoms with Crippen LogP contribution in [-0.2, 0) is 6.54 Å². The Balaban J connectivity index is 2.51. The van der Waals surface area contributed by atoms with Gasteiger partial charge in [0.05, 0.1) is 0 Å². The summed E-state index contributed by atoms with van der Waals surface area (Å²) in [7, 11) is 0. The topological polar surface area (TPSA) is 38.0 Å². The Bertz CT molecular complexity index is 309. The van der Waals surface area contributed by atoms with Crippen LogP contribution < -0.4 is 11.1 Å². The normalized spacial score (nSPS) is 11.7. The number of nitrogens with two attached hydrogens (primary N) is 1. The van der Waals surface area contributed by atoms with Crippen molar-refractivity contribution >= 4 is 21.6 Å². The van der Waals surface area contributed by atoms with E-state index in [2.05, 4.69) is 48.1 Å². The monoisotopic (exact) mass is 270 g/mol. The van der Waals surface area contributed by atoms with Gasteiger partial charge >= 0.3 is 0 Å². The van der Waals surface area contributed by atoms with Gasteiger partial charge in [0.15, 0.2) is 0 Å². The molecule has 0 atom stereocenters. The predicted octanol–water partition coefficient (Wildman–Crippen LogP) is 3.17. The molecule has 2 nitrogen and oxygen atoms in total. The summed E-state index contributed by atoms with van der Waals surface area (Å²) in [6.07, 6.45) is 0. The highest BCUT2D eigenvalue weighted by atomic mass is 79.9. The van der Waals surface area contributed by atoms with E-state index in [4.69, 9.17) is 5.73 Å². The van der Waals surface area contributed by atoms with E-state index in [1.807, 2.05) is 12.1 Å². The van der Waals surface area contributed by atoms with Crippen LogP contribution in [0.4, 0.5) is 5.69 Å². The standard InChI is InChI=1S/C12H19BrN2/c1-12(2,3)8-15-7-9-4-10(13)6-11(14)5-9/h4-6,15H,7-8,14H2,1-3H3. The van der Waals surface area contributed by atoms with Gasteiger partial charge in [0, 0.05) is 23.2 Å². The van der Waals surface area contributed by atoms with Crippen molar-refractivity contribution < 1.29 is 0 Å². The Hall–Kier alpha value is -0.540. The highest BCUT2D eigenvalue weighted by Crippen LogP contribution is 2.17. The lowest BCUT2D eigenvalue weighted by atomic mass is 9.97. The fourth-order valence-corrected chi connectivity index (χ4v) is 1.92. The SMILES string of the molecule is CC(C)(C)CNCc1cc(N)cc(Br)c1. The zero-order valence-electron chi connectivity index (χ0n) is 9.60. The molecule has 0 unspecified atom stereocenters. The van der Waals surface area contributed by atoms with E-state index in [-0.39, 0.29) is 0 Å². The fourth-order valence-electron chi connectivity index (χ4n) is 1.36. The highest BCUT2D eigenvalue weighted by Gasteiger charge is 2.08. The summed E-state index contributed by atoms with van der Waals surface area (Å²) in [5.41, 5.74) is 8.09. The van der Waals surface area contributed by atoms with Gasteiger partial charge in [0.2, 0.25) is 0 Å². The second-order valence-corrected chi connectivity index (χ2v) is 5.97. The van der Waals surface area contributed by atoms with E-state index in [0.717, 1.165) is 23.2 Å². The van der Waals surface area contributed by atoms with Gasteiger partial charge in [-0.25, -0.2) is 0 Å². The predicted molar refractivity (Wildman–Crippen MR) is 69.7 cm³/mol. The molecule has 0 spiro atoms. The number of anilines is 1. The van der Waals surface area contributed by atoms with Crippen LogP contribution in [-0.4, -0.2) is 6.54 Å². The molecule has 15 heavy (non-hydrogen) atoms. The maximum absolute atomic E-state index is 5.76. The summed E-state index contributed by atoms with van der Waals surface area (Å²) >= 11 is 3.44. The first kappa shape index (κ1) is 12.5.